The van der Waals surface area contributed by atoms with Crippen LogP contribution in [0.2, 0.25) is 5.02 Å². The first kappa shape index (κ1) is 20.4. The molecule has 0 saturated heterocycles. The topological polar surface area (TPSA) is 56.3 Å². The smallest absolute Gasteiger partial charge is 0.168 e. The zero-order valence-corrected chi connectivity index (χ0v) is 17.6. The minimum Gasteiger partial charge on any atom is -0.497 e. The van der Waals surface area contributed by atoms with E-state index in [1.54, 1.807) is 44.9 Å². The largest absolute Gasteiger partial charge is 0.497 e. The third-order valence-electron chi connectivity index (χ3n) is 4.20. The van der Waals surface area contributed by atoms with E-state index in [0.29, 0.717) is 39.5 Å². The molecule has 28 heavy (non-hydrogen) atoms. The maximum atomic E-state index is 14.9. The van der Waals surface area contributed by atoms with Crippen LogP contribution in [0.3, 0.4) is 0 Å². The van der Waals surface area contributed by atoms with Gasteiger partial charge in [-0.25, -0.2) is 9.37 Å². The fraction of sp³-hybridized carbons (Fsp3) is 0.200. The van der Waals surface area contributed by atoms with Gasteiger partial charge in [-0.05, 0) is 45.3 Å². The van der Waals surface area contributed by atoms with Gasteiger partial charge >= 0.3 is 0 Å². The predicted octanol–water partition coefficient (Wildman–Crippen LogP) is 5.25. The first-order valence-electron chi connectivity index (χ1n) is 8.39. The third kappa shape index (κ3) is 4.54. The van der Waals surface area contributed by atoms with Crippen molar-refractivity contribution in [3.8, 4) is 11.5 Å². The lowest BCUT2D eigenvalue weighted by Crippen LogP contribution is -2.07. The average molecular weight is 467 g/mol. The van der Waals surface area contributed by atoms with Crippen molar-refractivity contribution in [1.82, 2.24) is 9.97 Å². The predicted molar refractivity (Wildman–Crippen MR) is 111 cm³/mol. The summed E-state index contributed by atoms with van der Waals surface area (Å²) in [6, 6.07) is 7.09. The zero-order valence-electron chi connectivity index (χ0n) is 15.3. The van der Waals surface area contributed by atoms with Gasteiger partial charge in [0.15, 0.2) is 11.6 Å². The van der Waals surface area contributed by atoms with Gasteiger partial charge in [-0.1, -0.05) is 11.6 Å². The Kier molecular flexibility index (Phi) is 6.70. The highest BCUT2D eigenvalue weighted by Gasteiger charge is 2.14. The fourth-order valence-electron chi connectivity index (χ4n) is 2.71. The maximum absolute atomic E-state index is 14.9. The van der Waals surface area contributed by atoms with E-state index >= 15 is 0 Å². The fourth-order valence-corrected chi connectivity index (χ4v) is 3.25. The molecule has 0 spiro atoms. The van der Waals surface area contributed by atoms with Crippen LogP contribution in [0.15, 0.2) is 47.3 Å². The molecule has 1 aromatic carbocycles. The van der Waals surface area contributed by atoms with Crippen LogP contribution in [0.5, 0.6) is 11.5 Å². The van der Waals surface area contributed by atoms with Crippen LogP contribution >= 0.6 is 27.5 Å². The Morgan fingerprint density at radius 3 is 2.68 bits per heavy atom. The molecule has 0 atom stereocenters. The van der Waals surface area contributed by atoms with E-state index in [4.69, 9.17) is 21.1 Å². The van der Waals surface area contributed by atoms with Crippen molar-refractivity contribution in [3.63, 3.8) is 0 Å². The van der Waals surface area contributed by atoms with Crippen LogP contribution < -0.4 is 14.8 Å². The summed E-state index contributed by atoms with van der Waals surface area (Å²) >= 11 is 9.60. The second kappa shape index (κ2) is 9.21. The van der Waals surface area contributed by atoms with Crippen molar-refractivity contribution < 1.29 is 13.9 Å². The number of anilines is 1. The van der Waals surface area contributed by atoms with Crippen molar-refractivity contribution in [2.45, 2.75) is 13.0 Å². The molecule has 0 aliphatic heterocycles. The number of ether oxygens (including phenoxy) is 2. The van der Waals surface area contributed by atoms with E-state index in [1.165, 1.54) is 0 Å². The lowest BCUT2D eigenvalue weighted by atomic mass is 10.1. The molecule has 8 heteroatoms. The molecule has 2 aromatic heterocycles. The summed E-state index contributed by atoms with van der Waals surface area (Å²) in [4.78, 5) is 8.21. The van der Waals surface area contributed by atoms with Crippen LogP contribution in [0.25, 0.3) is 0 Å². The van der Waals surface area contributed by atoms with Crippen LogP contribution in [0.1, 0.15) is 16.7 Å². The van der Waals surface area contributed by atoms with E-state index in [9.17, 15) is 4.39 Å². The van der Waals surface area contributed by atoms with Crippen molar-refractivity contribution in [3.05, 3.63) is 74.9 Å². The second-order valence-electron chi connectivity index (χ2n) is 5.94. The normalized spacial score (nSPS) is 10.6. The highest BCUT2D eigenvalue weighted by molar-refractivity contribution is 9.10. The molecule has 0 aliphatic carbocycles. The molecule has 0 fully saturated rings. The summed E-state index contributed by atoms with van der Waals surface area (Å²) in [5.41, 5.74) is 2.05. The Labute approximate surface area is 176 Å². The van der Waals surface area contributed by atoms with Crippen LogP contribution in [0, 0.1) is 5.82 Å². The molecular formula is C20H18BrClFN3O2. The summed E-state index contributed by atoms with van der Waals surface area (Å²) in [7, 11) is 3.16. The van der Waals surface area contributed by atoms with Gasteiger partial charge in [-0.2, -0.15) is 0 Å². The standard InChI is InChI=1S/C20H18BrClFN3O2/c1-27-15-4-3-13(17(8-15)28-2)10-26-20-19(23)12(5-6-25-20)7-14-9-24-11-16(21)18(14)22/h3-6,8-9,11H,7,10H2,1-2H3,(H,25,26). The number of pyridine rings is 2. The zero-order chi connectivity index (χ0) is 20.1. The molecule has 0 saturated carbocycles. The molecule has 0 bridgehead atoms. The van der Waals surface area contributed by atoms with Crippen molar-refractivity contribution in [2.75, 3.05) is 19.5 Å². The van der Waals surface area contributed by atoms with Gasteiger partial charge in [0.2, 0.25) is 0 Å². The van der Waals surface area contributed by atoms with Gasteiger partial charge < -0.3 is 14.8 Å². The van der Waals surface area contributed by atoms with Crippen molar-refractivity contribution >= 4 is 33.3 Å². The number of hydrogen-bond donors (Lipinski definition) is 1. The SMILES string of the molecule is COc1ccc(CNc2nccc(Cc3cncc(Br)c3Cl)c2F)c(OC)c1. The van der Waals surface area contributed by atoms with Crippen LogP contribution in [-0.4, -0.2) is 24.2 Å². The quantitative estimate of drug-likeness (QED) is 0.515. The Bertz CT molecular complexity index is 988. The van der Waals surface area contributed by atoms with E-state index in [1.807, 2.05) is 12.1 Å². The number of rotatable bonds is 7. The molecule has 0 aliphatic rings. The molecule has 0 amide bonds. The summed E-state index contributed by atoms with van der Waals surface area (Å²) in [5.74, 6) is 1.07. The van der Waals surface area contributed by atoms with E-state index in [0.717, 1.165) is 11.1 Å². The van der Waals surface area contributed by atoms with Gasteiger partial charge in [-0.3, -0.25) is 4.98 Å². The molecule has 0 radical (unpaired) electrons. The molecule has 5 nitrogen and oxygen atoms in total. The molecule has 3 rings (SSSR count). The van der Waals surface area contributed by atoms with Gasteiger partial charge in [0, 0.05) is 43.2 Å². The minimum atomic E-state index is -0.425. The summed E-state index contributed by atoms with van der Waals surface area (Å²) in [6.45, 7) is 0.347. The highest BCUT2D eigenvalue weighted by atomic mass is 79.9. The molecular weight excluding hydrogens is 449 g/mol. The molecule has 1 N–H and O–H groups in total. The molecule has 0 unspecified atom stereocenters. The summed E-state index contributed by atoms with van der Waals surface area (Å²) in [6.07, 6.45) is 5.09. The molecule has 3 aromatic rings. The molecule has 146 valence electrons. The maximum Gasteiger partial charge on any atom is 0.168 e. The van der Waals surface area contributed by atoms with E-state index < -0.39 is 5.82 Å². The first-order chi connectivity index (χ1) is 13.5. The van der Waals surface area contributed by atoms with Crippen molar-refractivity contribution in [1.29, 1.82) is 0 Å². The number of nitrogens with zero attached hydrogens (tertiary/aromatic N) is 2. The number of halogens is 3. The third-order valence-corrected chi connectivity index (χ3v) is 5.48. The Morgan fingerprint density at radius 2 is 1.93 bits per heavy atom. The van der Waals surface area contributed by atoms with Gasteiger partial charge in [0.05, 0.1) is 23.7 Å². The number of aromatic nitrogens is 2. The van der Waals surface area contributed by atoms with Gasteiger partial charge in [0.1, 0.15) is 11.5 Å². The number of nitrogens with one attached hydrogen (secondary N) is 1. The minimum absolute atomic E-state index is 0.162. The monoisotopic (exact) mass is 465 g/mol. The van der Waals surface area contributed by atoms with Gasteiger partial charge in [-0.15, -0.1) is 0 Å². The molecule has 2 heterocycles. The van der Waals surface area contributed by atoms with E-state index in [-0.39, 0.29) is 5.82 Å². The second-order valence-corrected chi connectivity index (χ2v) is 7.17. The van der Waals surface area contributed by atoms with Crippen LogP contribution in [-0.2, 0) is 13.0 Å². The van der Waals surface area contributed by atoms with Crippen molar-refractivity contribution in [2.24, 2.45) is 0 Å². The summed E-state index contributed by atoms with van der Waals surface area (Å²) in [5, 5.41) is 3.55. The average Bonchev–Trinajstić information content (AvgIpc) is 2.71. The number of hydrogen-bond acceptors (Lipinski definition) is 5. The van der Waals surface area contributed by atoms with E-state index in [2.05, 4.69) is 31.2 Å². The first-order valence-corrected chi connectivity index (χ1v) is 9.56. The van der Waals surface area contributed by atoms with Gasteiger partial charge in [0.25, 0.3) is 0 Å². The Balaban J connectivity index is 1.79. The number of benzene rings is 1. The van der Waals surface area contributed by atoms with Crippen LogP contribution in [0.4, 0.5) is 10.2 Å². The highest BCUT2D eigenvalue weighted by Crippen LogP contribution is 2.29. The summed E-state index contributed by atoms with van der Waals surface area (Å²) < 4.78 is 26.2. The Hall–Kier alpha value is -2.38. The lowest BCUT2D eigenvalue weighted by molar-refractivity contribution is 0.391. The lowest BCUT2D eigenvalue weighted by Gasteiger charge is -2.13. The Morgan fingerprint density at radius 1 is 1.11 bits per heavy atom. The number of methoxy groups -OCH3 is 2.